The highest BCUT2D eigenvalue weighted by molar-refractivity contribution is 7.91. The lowest BCUT2D eigenvalue weighted by Gasteiger charge is -2.32. The smallest absolute Gasteiger partial charge is 0.405 e. The van der Waals surface area contributed by atoms with Gasteiger partial charge in [-0.1, -0.05) is 18.6 Å². The SMILES string of the molecule is COC[C@@H]1CCCC/C=C\[C@@H]2C[C@@]2(C(=O)NS(=O)(=O)C2CC2)NC(=O)[C@@H]2C[C@@H](O)CN2C(=O)[C@H]1NC(=O)O. The topological polar surface area (TPSA) is 191 Å². The van der Waals surface area contributed by atoms with Crippen LogP contribution < -0.4 is 15.4 Å². The maximum absolute atomic E-state index is 13.6. The number of hydrogen-bond acceptors (Lipinski definition) is 8. The van der Waals surface area contributed by atoms with Gasteiger partial charge in [-0.25, -0.2) is 13.2 Å². The summed E-state index contributed by atoms with van der Waals surface area (Å²) >= 11 is 0. The van der Waals surface area contributed by atoms with E-state index in [4.69, 9.17) is 4.74 Å². The summed E-state index contributed by atoms with van der Waals surface area (Å²) in [6.07, 6.45) is 4.81. The van der Waals surface area contributed by atoms with Crippen LogP contribution in [-0.2, 0) is 29.1 Å². The molecule has 14 heteroatoms. The van der Waals surface area contributed by atoms with Crippen molar-refractivity contribution in [2.45, 2.75) is 80.3 Å². The second kappa shape index (κ2) is 11.2. The summed E-state index contributed by atoms with van der Waals surface area (Å²) in [5.74, 6) is -3.13. The number of aliphatic hydroxyl groups is 1. The minimum atomic E-state index is -3.85. The largest absolute Gasteiger partial charge is 0.465 e. The lowest BCUT2D eigenvalue weighted by molar-refractivity contribution is -0.142. The molecule has 2 aliphatic carbocycles. The standard InChI is InChI=1S/C24H36N4O9S/c1-37-13-14-6-4-2-3-5-7-15-11-24(15,22(32)27-38(35,36)17-8-9-17)26-20(30)18-10-16(29)12-28(18)21(31)19(14)25-23(33)34/h5,7,14-19,25,29H,2-4,6,8-13H2,1H3,(H,26,30)(H,27,32)(H,33,34)/b7-5-/t14-,15+,16+,18-,19-,24+/m0/s1. The Bertz CT molecular complexity index is 1090. The minimum absolute atomic E-state index is 0.106. The molecular formula is C24H36N4O9S. The first kappa shape index (κ1) is 28.3. The van der Waals surface area contributed by atoms with Gasteiger partial charge in [0.2, 0.25) is 21.8 Å². The molecule has 5 N–H and O–H groups in total. The normalized spacial score (nSPS) is 35.1. The molecule has 13 nitrogen and oxygen atoms in total. The van der Waals surface area contributed by atoms with E-state index in [0.29, 0.717) is 32.1 Å². The Morgan fingerprint density at radius 3 is 2.63 bits per heavy atom. The first-order chi connectivity index (χ1) is 18.0. The van der Waals surface area contributed by atoms with E-state index in [9.17, 15) is 37.8 Å². The summed E-state index contributed by atoms with van der Waals surface area (Å²) < 4.78 is 32.3. The van der Waals surface area contributed by atoms with Crippen molar-refractivity contribution in [3.63, 3.8) is 0 Å². The number of sulfonamides is 1. The molecule has 0 radical (unpaired) electrons. The van der Waals surface area contributed by atoms with Crippen molar-refractivity contribution in [1.29, 1.82) is 0 Å². The third-order valence-corrected chi connectivity index (χ3v) is 9.61. The lowest BCUT2D eigenvalue weighted by atomic mass is 9.92. The van der Waals surface area contributed by atoms with E-state index < -0.39 is 74.7 Å². The van der Waals surface area contributed by atoms with Crippen molar-refractivity contribution in [2.75, 3.05) is 20.3 Å². The molecule has 2 heterocycles. The van der Waals surface area contributed by atoms with E-state index in [1.54, 1.807) is 6.08 Å². The quantitative estimate of drug-likeness (QED) is 0.267. The first-order valence-corrected chi connectivity index (χ1v) is 14.5. The van der Waals surface area contributed by atoms with E-state index >= 15 is 0 Å². The molecule has 1 saturated heterocycles. The van der Waals surface area contributed by atoms with Crippen LogP contribution in [0.15, 0.2) is 12.2 Å². The summed E-state index contributed by atoms with van der Waals surface area (Å²) in [6, 6.07) is -2.37. The predicted octanol–water partition coefficient (Wildman–Crippen LogP) is -0.539. The van der Waals surface area contributed by atoms with Crippen LogP contribution in [0.1, 0.15) is 51.4 Å². The van der Waals surface area contributed by atoms with Gasteiger partial charge in [0.15, 0.2) is 0 Å². The van der Waals surface area contributed by atoms with Gasteiger partial charge in [0.05, 0.1) is 18.0 Å². The molecule has 4 amide bonds. The number of aliphatic hydroxyl groups excluding tert-OH is 1. The van der Waals surface area contributed by atoms with Gasteiger partial charge < -0.3 is 30.5 Å². The number of hydrogen-bond donors (Lipinski definition) is 5. The average Bonchev–Trinajstić information content (AvgIpc) is 3.76. The number of nitrogens with one attached hydrogen (secondary N) is 3. The van der Waals surface area contributed by atoms with E-state index in [1.165, 1.54) is 7.11 Å². The Hall–Kier alpha value is -2.71. The van der Waals surface area contributed by atoms with E-state index in [-0.39, 0.29) is 26.0 Å². The molecule has 0 spiro atoms. The molecule has 6 atom stereocenters. The molecule has 0 aromatic heterocycles. The third kappa shape index (κ3) is 6.12. The molecule has 4 aliphatic rings. The Morgan fingerprint density at radius 2 is 1.97 bits per heavy atom. The fourth-order valence-corrected chi connectivity index (χ4v) is 6.82. The number of carbonyl (C=O) groups is 4. The molecule has 38 heavy (non-hydrogen) atoms. The molecule has 4 rings (SSSR count). The van der Waals surface area contributed by atoms with Gasteiger partial charge in [-0.2, -0.15) is 0 Å². The number of methoxy groups -OCH3 is 1. The van der Waals surface area contributed by atoms with Crippen LogP contribution in [0, 0.1) is 11.8 Å². The van der Waals surface area contributed by atoms with Crippen LogP contribution in [0.5, 0.6) is 0 Å². The summed E-state index contributed by atoms with van der Waals surface area (Å²) in [6.45, 7) is -0.0758. The fraction of sp³-hybridized carbons (Fsp3) is 0.750. The van der Waals surface area contributed by atoms with Gasteiger partial charge in [0.1, 0.15) is 17.6 Å². The Balaban J connectivity index is 1.63. The number of carbonyl (C=O) groups excluding carboxylic acids is 3. The number of carboxylic acid groups (broad SMARTS) is 1. The summed E-state index contributed by atoms with van der Waals surface area (Å²) in [5, 5.41) is 24.1. The maximum atomic E-state index is 13.6. The number of fused-ring (bicyclic) bond motifs is 2. The number of allylic oxidation sites excluding steroid dienone is 1. The summed E-state index contributed by atoms with van der Waals surface area (Å²) in [7, 11) is -2.40. The highest BCUT2D eigenvalue weighted by atomic mass is 32.2. The zero-order chi connectivity index (χ0) is 27.7. The maximum Gasteiger partial charge on any atom is 0.405 e. The molecule has 3 fully saturated rings. The summed E-state index contributed by atoms with van der Waals surface area (Å²) in [5.41, 5.74) is -1.49. The molecule has 0 bridgehead atoms. The van der Waals surface area contributed by atoms with Crippen molar-refractivity contribution < 1.29 is 42.5 Å². The van der Waals surface area contributed by atoms with E-state index in [0.717, 1.165) is 11.3 Å². The molecule has 0 aromatic rings. The molecule has 212 valence electrons. The predicted molar refractivity (Wildman–Crippen MR) is 133 cm³/mol. The number of amides is 4. The van der Waals surface area contributed by atoms with E-state index in [2.05, 4.69) is 15.4 Å². The second-order valence-electron chi connectivity index (χ2n) is 10.7. The van der Waals surface area contributed by atoms with Crippen LogP contribution in [-0.4, -0.2) is 96.6 Å². The molecule has 2 aliphatic heterocycles. The van der Waals surface area contributed by atoms with Crippen LogP contribution in [0.4, 0.5) is 4.79 Å². The number of ether oxygens (including phenoxy) is 1. The van der Waals surface area contributed by atoms with Gasteiger partial charge in [-0.05, 0) is 38.5 Å². The van der Waals surface area contributed by atoms with Crippen molar-refractivity contribution in [2.24, 2.45) is 11.8 Å². The van der Waals surface area contributed by atoms with Gasteiger partial charge in [0.25, 0.3) is 5.91 Å². The van der Waals surface area contributed by atoms with Crippen LogP contribution in [0.3, 0.4) is 0 Å². The Morgan fingerprint density at radius 1 is 1.24 bits per heavy atom. The van der Waals surface area contributed by atoms with Gasteiger partial charge >= 0.3 is 6.09 Å². The molecule has 0 aromatic carbocycles. The minimum Gasteiger partial charge on any atom is -0.465 e. The molecule has 0 unspecified atom stereocenters. The average molecular weight is 557 g/mol. The Labute approximate surface area is 221 Å². The first-order valence-electron chi connectivity index (χ1n) is 13.0. The van der Waals surface area contributed by atoms with Gasteiger partial charge in [-0.3, -0.25) is 19.1 Å². The number of nitrogens with zero attached hydrogens (tertiary/aromatic N) is 1. The zero-order valence-corrected chi connectivity index (χ0v) is 22.1. The highest BCUT2D eigenvalue weighted by Crippen LogP contribution is 2.46. The molecule has 2 saturated carbocycles. The van der Waals surface area contributed by atoms with Crippen LogP contribution >= 0.6 is 0 Å². The monoisotopic (exact) mass is 556 g/mol. The van der Waals surface area contributed by atoms with E-state index in [1.807, 2.05) is 6.08 Å². The van der Waals surface area contributed by atoms with Crippen molar-refractivity contribution in [3.05, 3.63) is 12.2 Å². The summed E-state index contributed by atoms with van der Waals surface area (Å²) in [4.78, 5) is 53.0. The van der Waals surface area contributed by atoms with Crippen molar-refractivity contribution >= 4 is 33.8 Å². The molecular weight excluding hydrogens is 520 g/mol. The zero-order valence-electron chi connectivity index (χ0n) is 21.3. The van der Waals surface area contributed by atoms with Crippen LogP contribution in [0.2, 0.25) is 0 Å². The Kier molecular flexibility index (Phi) is 8.33. The third-order valence-electron chi connectivity index (χ3n) is 7.79. The second-order valence-corrected chi connectivity index (χ2v) is 12.7. The lowest BCUT2D eigenvalue weighted by Crippen LogP contribution is -2.59. The van der Waals surface area contributed by atoms with Gasteiger partial charge in [0, 0.05) is 31.9 Å². The fourth-order valence-electron chi connectivity index (χ4n) is 5.46. The number of rotatable bonds is 6. The van der Waals surface area contributed by atoms with Gasteiger partial charge in [-0.15, -0.1) is 0 Å². The van der Waals surface area contributed by atoms with Crippen LogP contribution in [0.25, 0.3) is 0 Å². The highest BCUT2D eigenvalue weighted by Gasteiger charge is 2.62. The van der Waals surface area contributed by atoms with Crippen molar-refractivity contribution in [3.8, 4) is 0 Å². The van der Waals surface area contributed by atoms with Crippen molar-refractivity contribution in [1.82, 2.24) is 20.3 Å².